The Labute approximate surface area is 92.4 Å². The quantitative estimate of drug-likeness (QED) is 0.776. The SMILES string of the molecule is CCC(=O)c1c(C)cc(Br)cc1OC. The Bertz CT molecular complexity index is 359. The fraction of sp³-hybridized carbons (Fsp3) is 0.364. The van der Waals surface area contributed by atoms with E-state index in [2.05, 4.69) is 15.9 Å². The second kappa shape index (κ2) is 4.60. The van der Waals surface area contributed by atoms with Crippen LogP contribution in [0.2, 0.25) is 0 Å². The number of benzene rings is 1. The number of aryl methyl sites for hydroxylation is 1. The van der Waals surface area contributed by atoms with Crippen molar-refractivity contribution in [2.24, 2.45) is 0 Å². The number of hydrogen-bond acceptors (Lipinski definition) is 2. The summed E-state index contributed by atoms with van der Waals surface area (Å²) < 4.78 is 6.11. The van der Waals surface area contributed by atoms with E-state index < -0.39 is 0 Å². The molecule has 0 aliphatic carbocycles. The molecule has 0 saturated carbocycles. The van der Waals surface area contributed by atoms with Gasteiger partial charge in [0.15, 0.2) is 5.78 Å². The van der Waals surface area contributed by atoms with Crippen molar-refractivity contribution in [3.05, 3.63) is 27.7 Å². The van der Waals surface area contributed by atoms with Crippen LogP contribution in [0.3, 0.4) is 0 Å². The lowest BCUT2D eigenvalue weighted by Crippen LogP contribution is -2.03. The van der Waals surface area contributed by atoms with Gasteiger partial charge in [0.1, 0.15) is 5.75 Å². The minimum Gasteiger partial charge on any atom is -0.496 e. The highest BCUT2D eigenvalue weighted by Gasteiger charge is 2.14. The van der Waals surface area contributed by atoms with Gasteiger partial charge in [-0.25, -0.2) is 0 Å². The van der Waals surface area contributed by atoms with E-state index in [0.29, 0.717) is 17.7 Å². The second-order valence-corrected chi connectivity index (χ2v) is 3.99. The molecule has 14 heavy (non-hydrogen) atoms. The van der Waals surface area contributed by atoms with Gasteiger partial charge in [0.25, 0.3) is 0 Å². The molecule has 0 saturated heterocycles. The Morgan fingerprint density at radius 1 is 1.50 bits per heavy atom. The van der Waals surface area contributed by atoms with Gasteiger partial charge in [0.2, 0.25) is 0 Å². The van der Waals surface area contributed by atoms with Crippen LogP contribution in [0.25, 0.3) is 0 Å². The first-order valence-corrected chi connectivity index (χ1v) is 5.26. The van der Waals surface area contributed by atoms with Crippen LogP contribution in [0.5, 0.6) is 5.75 Å². The maximum atomic E-state index is 11.6. The Balaban J connectivity index is 3.32. The van der Waals surface area contributed by atoms with Crippen LogP contribution < -0.4 is 4.74 Å². The summed E-state index contributed by atoms with van der Waals surface area (Å²) in [4.78, 5) is 11.6. The first kappa shape index (κ1) is 11.2. The smallest absolute Gasteiger partial charge is 0.166 e. The van der Waals surface area contributed by atoms with Gasteiger partial charge in [0, 0.05) is 10.9 Å². The van der Waals surface area contributed by atoms with E-state index in [1.54, 1.807) is 7.11 Å². The molecule has 3 heteroatoms. The number of ether oxygens (including phenoxy) is 1. The number of ketones is 1. The Morgan fingerprint density at radius 3 is 2.64 bits per heavy atom. The highest BCUT2D eigenvalue weighted by molar-refractivity contribution is 9.10. The lowest BCUT2D eigenvalue weighted by atomic mass is 10.0. The van der Waals surface area contributed by atoms with Gasteiger partial charge in [-0.1, -0.05) is 22.9 Å². The highest BCUT2D eigenvalue weighted by atomic mass is 79.9. The molecular formula is C11H13BrO2. The number of Topliss-reactive ketones (excluding diaryl/α,β-unsaturated/α-hetero) is 1. The van der Waals surface area contributed by atoms with Crippen LogP contribution in [0.1, 0.15) is 29.3 Å². The molecule has 0 aliphatic heterocycles. The minimum atomic E-state index is 0.117. The summed E-state index contributed by atoms with van der Waals surface area (Å²) in [7, 11) is 1.58. The summed E-state index contributed by atoms with van der Waals surface area (Å²) in [5.74, 6) is 0.760. The molecule has 0 bridgehead atoms. The Kier molecular flexibility index (Phi) is 3.69. The third kappa shape index (κ3) is 2.15. The summed E-state index contributed by atoms with van der Waals surface area (Å²) >= 11 is 3.37. The normalized spacial score (nSPS) is 10.0. The zero-order valence-electron chi connectivity index (χ0n) is 8.56. The van der Waals surface area contributed by atoms with Crippen molar-refractivity contribution in [3.8, 4) is 5.75 Å². The Hall–Kier alpha value is -0.830. The van der Waals surface area contributed by atoms with Gasteiger partial charge >= 0.3 is 0 Å². The maximum Gasteiger partial charge on any atom is 0.166 e. The predicted molar refractivity (Wildman–Crippen MR) is 60.1 cm³/mol. The second-order valence-electron chi connectivity index (χ2n) is 3.08. The van der Waals surface area contributed by atoms with Gasteiger partial charge in [-0.2, -0.15) is 0 Å². The van der Waals surface area contributed by atoms with Crippen molar-refractivity contribution < 1.29 is 9.53 Å². The van der Waals surface area contributed by atoms with Gasteiger partial charge in [0.05, 0.1) is 12.7 Å². The molecule has 76 valence electrons. The molecule has 1 rings (SSSR count). The van der Waals surface area contributed by atoms with Gasteiger partial charge < -0.3 is 4.74 Å². The highest BCUT2D eigenvalue weighted by Crippen LogP contribution is 2.28. The van der Waals surface area contributed by atoms with Crippen molar-refractivity contribution in [2.45, 2.75) is 20.3 Å². The van der Waals surface area contributed by atoms with E-state index in [4.69, 9.17) is 4.74 Å². The average Bonchev–Trinajstić information content (AvgIpc) is 2.15. The van der Waals surface area contributed by atoms with Crippen molar-refractivity contribution in [2.75, 3.05) is 7.11 Å². The van der Waals surface area contributed by atoms with E-state index in [0.717, 1.165) is 10.0 Å². The van der Waals surface area contributed by atoms with Gasteiger partial charge in [-0.3, -0.25) is 4.79 Å². The summed E-state index contributed by atoms with van der Waals surface area (Å²) in [6.45, 7) is 3.76. The zero-order valence-corrected chi connectivity index (χ0v) is 10.1. The number of halogens is 1. The van der Waals surface area contributed by atoms with Crippen LogP contribution in [0.15, 0.2) is 16.6 Å². The Morgan fingerprint density at radius 2 is 2.14 bits per heavy atom. The van der Waals surface area contributed by atoms with Crippen molar-refractivity contribution in [3.63, 3.8) is 0 Å². The number of methoxy groups -OCH3 is 1. The molecule has 0 radical (unpaired) electrons. The largest absolute Gasteiger partial charge is 0.496 e. The fourth-order valence-electron chi connectivity index (χ4n) is 1.41. The molecule has 0 atom stereocenters. The standard InChI is InChI=1S/C11H13BrO2/c1-4-9(13)11-7(2)5-8(12)6-10(11)14-3/h5-6H,4H2,1-3H3. The molecule has 0 aromatic heterocycles. The molecule has 0 spiro atoms. The molecular weight excluding hydrogens is 244 g/mol. The average molecular weight is 257 g/mol. The van der Waals surface area contributed by atoms with Crippen molar-refractivity contribution >= 4 is 21.7 Å². The fourth-order valence-corrected chi connectivity index (χ4v) is 1.96. The van der Waals surface area contributed by atoms with Crippen molar-refractivity contribution in [1.82, 2.24) is 0 Å². The lowest BCUT2D eigenvalue weighted by Gasteiger charge is -2.10. The van der Waals surface area contributed by atoms with E-state index in [9.17, 15) is 4.79 Å². The molecule has 0 heterocycles. The van der Waals surface area contributed by atoms with Crippen LogP contribution >= 0.6 is 15.9 Å². The monoisotopic (exact) mass is 256 g/mol. The third-order valence-corrected chi connectivity index (χ3v) is 2.54. The van der Waals surface area contributed by atoms with E-state index in [-0.39, 0.29) is 5.78 Å². The summed E-state index contributed by atoms with van der Waals surface area (Å²) in [5.41, 5.74) is 1.64. The molecule has 0 N–H and O–H groups in total. The number of carbonyl (C=O) groups is 1. The molecule has 0 amide bonds. The van der Waals surface area contributed by atoms with E-state index in [1.165, 1.54) is 0 Å². The summed E-state index contributed by atoms with van der Waals surface area (Å²) in [5, 5.41) is 0. The topological polar surface area (TPSA) is 26.3 Å². The lowest BCUT2D eigenvalue weighted by molar-refractivity contribution is 0.0984. The number of hydrogen-bond donors (Lipinski definition) is 0. The van der Waals surface area contributed by atoms with Crippen LogP contribution in [0.4, 0.5) is 0 Å². The summed E-state index contributed by atoms with van der Waals surface area (Å²) in [6.07, 6.45) is 0.499. The first-order chi connectivity index (χ1) is 6.60. The molecule has 0 unspecified atom stereocenters. The first-order valence-electron chi connectivity index (χ1n) is 4.47. The van der Waals surface area contributed by atoms with Crippen molar-refractivity contribution in [1.29, 1.82) is 0 Å². The molecule has 1 aromatic rings. The number of rotatable bonds is 3. The predicted octanol–water partition coefficient (Wildman–Crippen LogP) is 3.36. The third-order valence-electron chi connectivity index (χ3n) is 2.08. The molecule has 0 fully saturated rings. The van der Waals surface area contributed by atoms with Gasteiger partial charge in [-0.15, -0.1) is 0 Å². The molecule has 2 nitrogen and oxygen atoms in total. The molecule has 1 aromatic carbocycles. The number of carbonyl (C=O) groups excluding carboxylic acids is 1. The van der Waals surface area contributed by atoms with Crippen LogP contribution in [-0.4, -0.2) is 12.9 Å². The van der Waals surface area contributed by atoms with E-state index in [1.807, 2.05) is 26.0 Å². The van der Waals surface area contributed by atoms with E-state index >= 15 is 0 Å². The minimum absolute atomic E-state index is 0.117. The van der Waals surface area contributed by atoms with Crippen LogP contribution in [-0.2, 0) is 0 Å². The molecule has 0 aliphatic rings. The maximum absolute atomic E-state index is 11.6. The van der Waals surface area contributed by atoms with Gasteiger partial charge in [-0.05, 0) is 24.6 Å². The summed E-state index contributed by atoms with van der Waals surface area (Å²) in [6, 6.07) is 3.74. The van der Waals surface area contributed by atoms with Crippen LogP contribution in [0, 0.1) is 6.92 Å². The zero-order chi connectivity index (χ0) is 10.7.